The second-order valence-corrected chi connectivity index (χ2v) is 8.82. The number of aromatic nitrogens is 2. The van der Waals surface area contributed by atoms with Crippen LogP contribution < -0.4 is 24.0 Å². The van der Waals surface area contributed by atoms with Crippen LogP contribution >= 0.6 is 0 Å². The first-order valence-corrected chi connectivity index (χ1v) is 12.3. The fourth-order valence-corrected chi connectivity index (χ4v) is 4.79. The maximum absolute atomic E-state index is 5.60. The predicted molar refractivity (Wildman–Crippen MR) is 144 cm³/mol. The summed E-state index contributed by atoms with van der Waals surface area (Å²) in [6.07, 6.45) is 1.66. The van der Waals surface area contributed by atoms with E-state index in [0.717, 1.165) is 73.0 Å². The summed E-state index contributed by atoms with van der Waals surface area (Å²) in [5, 5.41) is 0.974. The quantitative estimate of drug-likeness (QED) is 0.357. The summed E-state index contributed by atoms with van der Waals surface area (Å²) in [7, 11) is 5.03. The van der Waals surface area contributed by atoms with Gasteiger partial charge in [0, 0.05) is 44.1 Å². The number of anilines is 2. The van der Waals surface area contributed by atoms with Gasteiger partial charge in [-0.3, -0.25) is 0 Å². The van der Waals surface area contributed by atoms with Crippen molar-refractivity contribution >= 4 is 22.4 Å². The molecule has 0 bridgehead atoms. The minimum absolute atomic E-state index is 0.671. The average molecular weight is 485 g/mol. The minimum atomic E-state index is 0.671. The summed E-state index contributed by atoms with van der Waals surface area (Å²) < 4.78 is 16.8. The maximum atomic E-state index is 5.60. The standard InChI is InChI=1S/C29H32N4O3/c1-34-25-12-8-7-11-24(25)32-15-17-33(18-16-32)29-22-19-26(35-2)27(36-3)20-23(22)30-28(31-29)14-13-21-9-5-4-6-10-21/h4-12,19-20H,13-18H2,1-3H3. The molecule has 0 saturated carbocycles. The Morgan fingerprint density at radius 2 is 1.31 bits per heavy atom. The molecule has 1 saturated heterocycles. The van der Waals surface area contributed by atoms with E-state index in [1.807, 2.05) is 30.3 Å². The number of ether oxygens (including phenoxy) is 3. The van der Waals surface area contributed by atoms with E-state index in [4.69, 9.17) is 24.2 Å². The highest BCUT2D eigenvalue weighted by molar-refractivity contribution is 5.92. The summed E-state index contributed by atoms with van der Waals surface area (Å²) >= 11 is 0. The Morgan fingerprint density at radius 3 is 2.03 bits per heavy atom. The number of aryl methyl sites for hydroxylation is 2. The third-order valence-electron chi connectivity index (χ3n) is 6.71. The number of hydrogen-bond donors (Lipinski definition) is 0. The topological polar surface area (TPSA) is 60.0 Å². The van der Waals surface area contributed by atoms with Gasteiger partial charge in [0.15, 0.2) is 11.5 Å². The van der Waals surface area contributed by atoms with Crippen LogP contribution in [0.5, 0.6) is 17.2 Å². The van der Waals surface area contributed by atoms with Crippen LogP contribution in [0.25, 0.3) is 10.9 Å². The molecule has 0 radical (unpaired) electrons. The van der Waals surface area contributed by atoms with Gasteiger partial charge < -0.3 is 24.0 Å². The second-order valence-electron chi connectivity index (χ2n) is 8.82. The van der Waals surface area contributed by atoms with Gasteiger partial charge in [-0.15, -0.1) is 0 Å². The molecule has 0 N–H and O–H groups in total. The van der Waals surface area contributed by atoms with Gasteiger partial charge in [0.25, 0.3) is 0 Å². The monoisotopic (exact) mass is 484 g/mol. The summed E-state index contributed by atoms with van der Waals surface area (Å²) in [5.74, 6) is 4.03. The normalized spacial score (nSPS) is 13.6. The van der Waals surface area contributed by atoms with Crippen LogP contribution in [0.3, 0.4) is 0 Å². The van der Waals surface area contributed by atoms with E-state index in [2.05, 4.69) is 46.2 Å². The largest absolute Gasteiger partial charge is 0.495 e. The fraction of sp³-hybridized carbons (Fsp3) is 0.310. The van der Waals surface area contributed by atoms with E-state index in [1.54, 1.807) is 21.3 Å². The first-order valence-electron chi connectivity index (χ1n) is 12.3. The van der Waals surface area contributed by atoms with Gasteiger partial charge in [-0.05, 0) is 30.2 Å². The van der Waals surface area contributed by atoms with Crippen molar-refractivity contribution in [1.29, 1.82) is 0 Å². The Bertz CT molecular complexity index is 1320. The van der Waals surface area contributed by atoms with E-state index in [9.17, 15) is 0 Å². The Morgan fingerprint density at radius 1 is 0.667 bits per heavy atom. The van der Waals surface area contributed by atoms with Crippen molar-refractivity contribution < 1.29 is 14.2 Å². The zero-order valence-electron chi connectivity index (χ0n) is 21.1. The smallest absolute Gasteiger partial charge is 0.162 e. The highest BCUT2D eigenvalue weighted by Gasteiger charge is 2.23. The summed E-state index contributed by atoms with van der Waals surface area (Å²) in [4.78, 5) is 14.7. The molecule has 0 aliphatic carbocycles. The van der Waals surface area contributed by atoms with Gasteiger partial charge in [0.1, 0.15) is 17.4 Å². The second kappa shape index (κ2) is 10.7. The van der Waals surface area contributed by atoms with Gasteiger partial charge in [-0.1, -0.05) is 42.5 Å². The van der Waals surface area contributed by atoms with Crippen molar-refractivity contribution in [3.8, 4) is 17.2 Å². The number of methoxy groups -OCH3 is 3. The maximum Gasteiger partial charge on any atom is 0.162 e. The Labute approximate surface area is 212 Å². The highest BCUT2D eigenvalue weighted by Crippen LogP contribution is 2.36. The number of hydrogen-bond acceptors (Lipinski definition) is 7. The van der Waals surface area contributed by atoms with Crippen LogP contribution in [0.1, 0.15) is 11.4 Å². The molecule has 1 aromatic heterocycles. The van der Waals surface area contributed by atoms with Gasteiger partial charge in [-0.2, -0.15) is 0 Å². The first kappa shape index (κ1) is 23.7. The van der Waals surface area contributed by atoms with Crippen LogP contribution in [0.15, 0.2) is 66.7 Å². The third-order valence-corrected chi connectivity index (χ3v) is 6.71. The van der Waals surface area contributed by atoms with E-state index in [0.29, 0.717) is 11.5 Å². The van der Waals surface area contributed by atoms with E-state index in [-0.39, 0.29) is 0 Å². The molecule has 2 heterocycles. The lowest BCUT2D eigenvalue weighted by atomic mass is 10.1. The average Bonchev–Trinajstić information content (AvgIpc) is 2.95. The van der Waals surface area contributed by atoms with Crippen molar-refractivity contribution in [2.24, 2.45) is 0 Å². The van der Waals surface area contributed by atoms with Crippen molar-refractivity contribution in [3.05, 3.63) is 78.1 Å². The predicted octanol–water partition coefficient (Wildman–Crippen LogP) is 4.77. The van der Waals surface area contributed by atoms with Crippen LogP contribution in [0, 0.1) is 0 Å². The lowest BCUT2D eigenvalue weighted by molar-refractivity contribution is 0.355. The van der Waals surface area contributed by atoms with Gasteiger partial charge in [0.2, 0.25) is 0 Å². The van der Waals surface area contributed by atoms with Gasteiger partial charge in [-0.25, -0.2) is 9.97 Å². The van der Waals surface area contributed by atoms with Crippen molar-refractivity contribution in [1.82, 2.24) is 9.97 Å². The Hall–Kier alpha value is -4.00. The van der Waals surface area contributed by atoms with Crippen LogP contribution in [0.4, 0.5) is 11.5 Å². The fourth-order valence-electron chi connectivity index (χ4n) is 4.79. The zero-order chi connectivity index (χ0) is 24.9. The third kappa shape index (κ3) is 4.87. The molecule has 1 aliphatic heterocycles. The number of piperazine rings is 1. The van der Waals surface area contributed by atoms with Crippen LogP contribution in [-0.4, -0.2) is 57.5 Å². The molecule has 0 unspecified atom stereocenters. The van der Waals surface area contributed by atoms with E-state index >= 15 is 0 Å². The van der Waals surface area contributed by atoms with E-state index < -0.39 is 0 Å². The molecule has 0 amide bonds. The molecular formula is C29H32N4O3. The summed E-state index contributed by atoms with van der Waals surface area (Å²) in [5.41, 5.74) is 3.27. The molecule has 1 aliphatic rings. The minimum Gasteiger partial charge on any atom is -0.495 e. The van der Waals surface area contributed by atoms with Crippen molar-refractivity contribution in [3.63, 3.8) is 0 Å². The molecule has 4 aromatic rings. The van der Waals surface area contributed by atoms with Crippen molar-refractivity contribution in [2.75, 3.05) is 57.3 Å². The van der Waals surface area contributed by atoms with E-state index in [1.165, 1.54) is 5.56 Å². The highest BCUT2D eigenvalue weighted by atomic mass is 16.5. The Kier molecular flexibility index (Phi) is 7.07. The summed E-state index contributed by atoms with van der Waals surface area (Å²) in [6, 6.07) is 22.6. The molecule has 0 spiro atoms. The zero-order valence-corrected chi connectivity index (χ0v) is 21.1. The molecule has 5 rings (SSSR count). The number of para-hydroxylation sites is 2. The molecule has 186 valence electrons. The molecule has 7 nitrogen and oxygen atoms in total. The lowest BCUT2D eigenvalue weighted by Crippen LogP contribution is -2.47. The molecule has 3 aromatic carbocycles. The molecule has 1 fully saturated rings. The number of nitrogens with zero attached hydrogens (tertiary/aromatic N) is 4. The molecule has 36 heavy (non-hydrogen) atoms. The first-order chi connectivity index (χ1) is 17.7. The van der Waals surface area contributed by atoms with Gasteiger partial charge in [0.05, 0.1) is 32.5 Å². The Balaban J connectivity index is 1.46. The molecule has 0 atom stereocenters. The number of fused-ring (bicyclic) bond motifs is 1. The molecular weight excluding hydrogens is 452 g/mol. The number of benzene rings is 3. The SMILES string of the molecule is COc1cc2nc(CCc3ccccc3)nc(N3CCN(c4ccccc4OC)CC3)c2cc1OC. The van der Waals surface area contributed by atoms with Crippen LogP contribution in [-0.2, 0) is 12.8 Å². The van der Waals surface area contributed by atoms with Gasteiger partial charge >= 0.3 is 0 Å². The van der Waals surface area contributed by atoms with Crippen LogP contribution in [0.2, 0.25) is 0 Å². The molecule has 7 heteroatoms. The number of rotatable bonds is 8. The summed E-state index contributed by atoms with van der Waals surface area (Å²) in [6.45, 7) is 3.43. The lowest BCUT2D eigenvalue weighted by Gasteiger charge is -2.37. The van der Waals surface area contributed by atoms with Crippen molar-refractivity contribution in [2.45, 2.75) is 12.8 Å².